The van der Waals surface area contributed by atoms with Crippen molar-refractivity contribution in [2.75, 3.05) is 17.3 Å². The molecular formula is C18H19FN6O2S. The van der Waals surface area contributed by atoms with E-state index in [9.17, 15) is 14.0 Å². The molecule has 10 heteroatoms. The molecule has 0 fully saturated rings. The van der Waals surface area contributed by atoms with E-state index in [0.29, 0.717) is 12.1 Å². The van der Waals surface area contributed by atoms with Gasteiger partial charge in [0.2, 0.25) is 5.91 Å². The quantitative estimate of drug-likeness (QED) is 0.557. The minimum atomic E-state index is -0.830. The summed E-state index contributed by atoms with van der Waals surface area (Å²) in [4.78, 5) is 33.2. The van der Waals surface area contributed by atoms with E-state index in [1.165, 1.54) is 23.3 Å². The summed E-state index contributed by atoms with van der Waals surface area (Å²) in [6.45, 7) is 1.76. The molecule has 0 bridgehead atoms. The van der Waals surface area contributed by atoms with Crippen LogP contribution >= 0.6 is 11.3 Å². The minimum absolute atomic E-state index is 0.0824. The van der Waals surface area contributed by atoms with Gasteiger partial charge in [-0.05, 0) is 30.7 Å². The van der Waals surface area contributed by atoms with Gasteiger partial charge in [-0.25, -0.2) is 14.4 Å². The number of anilines is 3. The number of nitrogens with one attached hydrogen (secondary N) is 1. The number of pyridine rings is 1. The molecule has 0 saturated carbocycles. The van der Waals surface area contributed by atoms with E-state index in [0.717, 1.165) is 16.3 Å². The molecule has 8 nitrogen and oxygen atoms in total. The molecule has 2 heterocycles. The van der Waals surface area contributed by atoms with E-state index >= 15 is 0 Å². The van der Waals surface area contributed by atoms with Gasteiger partial charge in [0.15, 0.2) is 11.6 Å². The molecule has 5 N–H and O–H groups in total. The minimum Gasteiger partial charge on any atom is -0.368 e. The molecule has 1 aromatic carbocycles. The van der Waals surface area contributed by atoms with Crippen molar-refractivity contribution in [3.8, 4) is 0 Å². The predicted octanol–water partition coefficient (Wildman–Crippen LogP) is 2.37. The number of nitrogens with two attached hydrogens (primary N) is 2. The van der Waals surface area contributed by atoms with Crippen molar-refractivity contribution in [1.29, 1.82) is 0 Å². The number of rotatable bonds is 7. The Morgan fingerprint density at radius 2 is 2.07 bits per heavy atom. The van der Waals surface area contributed by atoms with Crippen LogP contribution < -0.4 is 21.7 Å². The average Bonchev–Trinajstić information content (AvgIpc) is 3.10. The van der Waals surface area contributed by atoms with Gasteiger partial charge in [0.25, 0.3) is 5.91 Å². The van der Waals surface area contributed by atoms with E-state index in [1.807, 2.05) is 12.1 Å². The van der Waals surface area contributed by atoms with E-state index in [-0.39, 0.29) is 17.2 Å². The Bertz CT molecular complexity index is 1050. The first-order valence-electron chi connectivity index (χ1n) is 8.44. The maximum atomic E-state index is 14.6. The van der Waals surface area contributed by atoms with Crippen LogP contribution in [-0.2, 0) is 4.79 Å². The molecule has 2 aromatic heterocycles. The van der Waals surface area contributed by atoms with E-state index in [1.54, 1.807) is 18.5 Å². The molecule has 0 aliphatic rings. The molecule has 0 saturated heterocycles. The Morgan fingerprint density at radius 1 is 1.32 bits per heavy atom. The lowest BCUT2D eigenvalue weighted by molar-refractivity contribution is -0.119. The highest BCUT2D eigenvalue weighted by atomic mass is 32.1. The van der Waals surface area contributed by atoms with Crippen LogP contribution in [0.3, 0.4) is 0 Å². The Hall–Kier alpha value is -3.27. The monoisotopic (exact) mass is 402 g/mol. The molecule has 0 aliphatic heterocycles. The summed E-state index contributed by atoms with van der Waals surface area (Å²) in [6.07, 6.45) is 0.370. The molecule has 3 aromatic rings. The third-order valence-electron chi connectivity index (χ3n) is 4.33. The SMILES string of the molecule is CC[C@H](C(N)=O)N(C)c1nc(Nc2ccc3ncsc3c2)c(C(N)=O)cc1F. The number of nitrogens with zero attached hydrogens (tertiary/aromatic N) is 3. The van der Waals surface area contributed by atoms with Gasteiger partial charge in [0.1, 0.15) is 11.9 Å². The highest BCUT2D eigenvalue weighted by molar-refractivity contribution is 7.16. The number of thiazole rings is 1. The summed E-state index contributed by atoms with van der Waals surface area (Å²) >= 11 is 1.46. The zero-order valence-electron chi connectivity index (χ0n) is 15.3. The van der Waals surface area contributed by atoms with Gasteiger partial charge in [0.05, 0.1) is 21.3 Å². The summed E-state index contributed by atoms with van der Waals surface area (Å²) in [5.41, 5.74) is 13.9. The summed E-state index contributed by atoms with van der Waals surface area (Å²) in [5.74, 6) is -2.24. The number of fused-ring (bicyclic) bond motifs is 1. The first-order valence-corrected chi connectivity index (χ1v) is 9.32. The number of amides is 2. The molecular weight excluding hydrogens is 383 g/mol. The summed E-state index contributed by atoms with van der Waals surface area (Å²) in [7, 11) is 1.52. The Balaban J connectivity index is 2.04. The van der Waals surface area contributed by atoms with Crippen LogP contribution in [0.4, 0.5) is 21.7 Å². The summed E-state index contributed by atoms with van der Waals surface area (Å²) < 4.78 is 15.5. The third kappa shape index (κ3) is 3.72. The fourth-order valence-corrected chi connectivity index (χ4v) is 3.61. The normalized spacial score (nSPS) is 12.0. The lowest BCUT2D eigenvalue weighted by Gasteiger charge is -2.26. The second-order valence-electron chi connectivity index (χ2n) is 6.15. The summed E-state index contributed by atoms with van der Waals surface area (Å²) in [6, 6.07) is 5.67. The van der Waals surface area contributed by atoms with Gasteiger partial charge in [-0.3, -0.25) is 9.59 Å². The average molecular weight is 402 g/mol. The standard InChI is InChI=1S/C18H19FN6O2S/c1-3-13(16(21)27)25(2)18-11(19)7-10(15(20)26)17(24-18)23-9-4-5-12-14(6-9)28-8-22-12/h4-8,13H,3H2,1-2H3,(H2,20,26)(H2,21,27)(H,23,24)/t13-/m1/s1. The smallest absolute Gasteiger partial charge is 0.252 e. The number of aromatic nitrogens is 2. The van der Waals surface area contributed by atoms with Crippen molar-refractivity contribution in [1.82, 2.24) is 9.97 Å². The van der Waals surface area contributed by atoms with E-state index in [4.69, 9.17) is 11.5 Å². The lowest BCUT2D eigenvalue weighted by atomic mass is 10.1. The fraction of sp³-hybridized carbons (Fsp3) is 0.222. The zero-order chi connectivity index (χ0) is 20.4. The second-order valence-corrected chi connectivity index (χ2v) is 7.04. The number of hydrogen-bond acceptors (Lipinski definition) is 7. The molecule has 1 atom stereocenters. The van der Waals surface area contributed by atoms with Crippen LogP contribution in [0.25, 0.3) is 10.2 Å². The van der Waals surface area contributed by atoms with Crippen LogP contribution in [0, 0.1) is 5.82 Å². The van der Waals surface area contributed by atoms with Crippen LogP contribution in [0.15, 0.2) is 29.8 Å². The van der Waals surface area contributed by atoms with Crippen molar-refractivity contribution in [2.45, 2.75) is 19.4 Å². The number of hydrogen-bond donors (Lipinski definition) is 3. The molecule has 0 radical (unpaired) electrons. The molecule has 0 aliphatic carbocycles. The largest absolute Gasteiger partial charge is 0.368 e. The number of halogens is 1. The molecule has 0 spiro atoms. The van der Waals surface area contributed by atoms with E-state index < -0.39 is 23.7 Å². The number of carbonyl (C=O) groups is 2. The molecule has 0 unspecified atom stereocenters. The van der Waals surface area contributed by atoms with Crippen molar-refractivity contribution < 1.29 is 14.0 Å². The van der Waals surface area contributed by atoms with Crippen LogP contribution in [0.2, 0.25) is 0 Å². The Morgan fingerprint density at radius 3 is 2.71 bits per heavy atom. The second kappa shape index (κ2) is 7.77. The van der Waals surface area contributed by atoms with Gasteiger partial charge in [-0.15, -0.1) is 11.3 Å². The number of carbonyl (C=O) groups excluding carboxylic acids is 2. The van der Waals surface area contributed by atoms with Gasteiger partial charge in [0, 0.05) is 12.7 Å². The van der Waals surface area contributed by atoms with Crippen molar-refractivity contribution in [2.24, 2.45) is 11.5 Å². The Labute approximate surface area is 164 Å². The predicted molar refractivity (Wildman–Crippen MR) is 107 cm³/mol. The maximum Gasteiger partial charge on any atom is 0.252 e. The van der Waals surface area contributed by atoms with Crippen LogP contribution in [0.1, 0.15) is 23.7 Å². The van der Waals surface area contributed by atoms with Gasteiger partial charge in [-0.1, -0.05) is 6.92 Å². The van der Waals surface area contributed by atoms with E-state index in [2.05, 4.69) is 15.3 Å². The summed E-state index contributed by atoms with van der Waals surface area (Å²) in [5, 5.41) is 3.00. The molecule has 28 heavy (non-hydrogen) atoms. The first-order chi connectivity index (χ1) is 13.3. The van der Waals surface area contributed by atoms with Gasteiger partial charge in [-0.2, -0.15) is 0 Å². The Kier molecular flexibility index (Phi) is 5.41. The van der Waals surface area contributed by atoms with Crippen LogP contribution in [0.5, 0.6) is 0 Å². The van der Waals surface area contributed by atoms with Gasteiger partial charge < -0.3 is 21.7 Å². The van der Waals surface area contributed by atoms with Crippen molar-refractivity contribution >= 4 is 50.7 Å². The number of primary amides is 2. The highest BCUT2D eigenvalue weighted by Crippen LogP contribution is 2.28. The maximum absolute atomic E-state index is 14.6. The highest BCUT2D eigenvalue weighted by Gasteiger charge is 2.25. The molecule has 146 valence electrons. The van der Waals surface area contributed by atoms with Crippen molar-refractivity contribution in [3.05, 3.63) is 41.2 Å². The molecule has 2 amide bonds. The number of likely N-dealkylation sites (N-methyl/N-ethyl adjacent to an activating group) is 1. The number of benzene rings is 1. The van der Waals surface area contributed by atoms with Gasteiger partial charge >= 0.3 is 0 Å². The third-order valence-corrected chi connectivity index (χ3v) is 5.13. The fourth-order valence-electron chi connectivity index (χ4n) is 2.89. The van der Waals surface area contributed by atoms with Crippen molar-refractivity contribution in [3.63, 3.8) is 0 Å². The van der Waals surface area contributed by atoms with Crippen LogP contribution in [-0.4, -0.2) is 34.9 Å². The zero-order valence-corrected chi connectivity index (χ0v) is 16.1. The first kappa shape index (κ1) is 19.5. The topological polar surface area (TPSA) is 127 Å². The lowest BCUT2D eigenvalue weighted by Crippen LogP contribution is -2.43. The molecule has 3 rings (SSSR count).